The number of nitrogens with one attached hydrogen (secondary N) is 1. The van der Waals surface area contributed by atoms with Gasteiger partial charge in [-0.3, -0.25) is 14.0 Å². The van der Waals surface area contributed by atoms with Gasteiger partial charge >= 0.3 is 5.97 Å². The molecule has 30 heavy (non-hydrogen) atoms. The van der Waals surface area contributed by atoms with Gasteiger partial charge in [0.2, 0.25) is 5.91 Å². The Balaban J connectivity index is 0.00000320. The maximum absolute atomic E-state index is 12.5. The minimum absolute atomic E-state index is 0. The van der Waals surface area contributed by atoms with Crippen LogP contribution in [0.3, 0.4) is 0 Å². The van der Waals surface area contributed by atoms with Crippen molar-refractivity contribution in [2.24, 2.45) is 5.73 Å². The van der Waals surface area contributed by atoms with E-state index >= 15 is 0 Å². The number of halogens is 1. The number of hydrogen-bond donors (Lipinski definition) is 2. The van der Waals surface area contributed by atoms with Crippen molar-refractivity contribution in [3.05, 3.63) is 65.1 Å². The number of nitrogens with two attached hydrogens (primary N) is 1. The lowest BCUT2D eigenvalue weighted by molar-refractivity contribution is -0.145. The molecule has 2 aromatic heterocycles. The van der Waals surface area contributed by atoms with Crippen LogP contribution < -0.4 is 11.1 Å². The first-order valence-electron chi connectivity index (χ1n) is 9.03. The van der Waals surface area contributed by atoms with Gasteiger partial charge < -0.3 is 15.8 Å². The molecular weight excluding hydrogens is 406 g/mol. The van der Waals surface area contributed by atoms with E-state index in [9.17, 15) is 9.59 Å². The molecule has 2 heterocycles. The third kappa shape index (κ3) is 5.77. The largest absolute Gasteiger partial charge is 0.461 e. The van der Waals surface area contributed by atoms with Gasteiger partial charge in [-0.25, -0.2) is 0 Å². The summed E-state index contributed by atoms with van der Waals surface area (Å²) in [6.07, 6.45) is 1.48. The molecule has 9 heteroatoms. The molecule has 0 unspecified atom stereocenters. The number of rotatable bonds is 7. The highest BCUT2D eigenvalue weighted by molar-refractivity contribution is 6.30. The fraction of sp³-hybridized carbons (Fsp3) is 0.333. The Labute approximate surface area is 180 Å². The Bertz CT molecular complexity index is 1010. The fourth-order valence-corrected chi connectivity index (χ4v) is 2.80. The third-order valence-corrected chi connectivity index (χ3v) is 4.43. The van der Waals surface area contributed by atoms with E-state index in [-0.39, 0.29) is 20.5 Å². The molecule has 0 saturated heterocycles. The second-order valence-corrected chi connectivity index (χ2v) is 7.67. The molecule has 1 aromatic carbocycles. The van der Waals surface area contributed by atoms with E-state index in [4.69, 9.17) is 22.1 Å². The molecule has 8 nitrogen and oxygen atoms in total. The average Bonchev–Trinajstić information content (AvgIpc) is 3.09. The van der Waals surface area contributed by atoms with Gasteiger partial charge in [0.05, 0.1) is 23.0 Å². The Morgan fingerprint density at radius 3 is 2.57 bits per heavy atom. The zero-order valence-electron chi connectivity index (χ0n) is 16.1. The first-order valence-corrected chi connectivity index (χ1v) is 9.41. The van der Waals surface area contributed by atoms with Crippen LogP contribution >= 0.6 is 11.6 Å². The summed E-state index contributed by atoms with van der Waals surface area (Å²) in [5.41, 5.74) is 6.16. The van der Waals surface area contributed by atoms with Crippen LogP contribution in [0, 0.1) is 0 Å². The van der Waals surface area contributed by atoms with Crippen LogP contribution in [-0.4, -0.2) is 32.0 Å². The number of benzene rings is 1. The minimum atomic E-state index is -1.13. The standard InChI is InChI=1S/C20H22ClN5O3.CH4/c1-20(2,22)19(28)23-15(10-17(27)29-12-13-6-4-3-5-7-13)18-25-24-16-9-8-14(21)11-26(16)18;/h3-9,11,15H,10,12,22H2,1-2H3,(H,23,28);1H4/t15-;/m1./s1. The number of nitrogens with zero attached hydrogens (tertiary/aromatic N) is 3. The highest BCUT2D eigenvalue weighted by atomic mass is 35.5. The molecule has 0 saturated carbocycles. The lowest BCUT2D eigenvalue weighted by atomic mass is 10.0. The van der Waals surface area contributed by atoms with Crippen LogP contribution in [0.2, 0.25) is 5.02 Å². The molecule has 0 aliphatic rings. The summed E-state index contributed by atoms with van der Waals surface area (Å²) >= 11 is 6.08. The van der Waals surface area contributed by atoms with Crippen molar-refractivity contribution in [1.29, 1.82) is 0 Å². The Morgan fingerprint density at radius 2 is 1.90 bits per heavy atom. The number of aromatic nitrogens is 3. The molecule has 1 atom stereocenters. The van der Waals surface area contributed by atoms with Gasteiger partial charge in [-0.1, -0.05) is 49.4 Å². The quantitative estimate of drug-likeness (QED) is 0.556. The van der Waals surface area contributed by atoms with Crippen molar-refractivity contribution in [3.63, 3.8) is 0 Å². The number of pyridine rings is 1. The van der Waals surface area contributed by atoms with Crippen LogP contribution in [0.5, 0.6) is 0 Å². The van der Waals surface area contributed by atoms with Crippen molar-refractivity contribution < 1.29 is 14.3 Å². The summed E-state index contributed by atoms with van der Waals surface area (Å²) in [7, 11) is 0. The van der Waals surface area contributed by atoms with Crippen molar-refractivity contribution in [1.82, 2.24) is 19.9 Å². The molecule has 0 bridgehead atoms. The highest BCUT2D eigenvalue weighted by Gasteiger charge is 2.29. The molecule has 0 aliphatic carbocycles. The Hall–Kier alpha value is -2.97. The first kappa shape index (κ1) is 23.3. The lowest BCUT2D eigenvalue weighted by Crippen LogP contribution is -2.50. The van der Waals surface area contributed by atoms with Crippen molar-refractivity contribution in [2.45, 2.75) is 45.9 Å². The summed E-state index contributed by atoms with van der Waals surface area (Å²) in [5, 5.41) is 11.4. The number of esters is 1. The van der Waals surface area contributed by atoms with Crippen LogP contribution in [0.1, 0.15) is 45.1 Å². The van der Waals surface area contributed by atoms with Crippen molar-refractivity contribution in [2.75, 3.05) is 0 Å². The molecule has 1 amide bonds. The van der Waals surface area contributed by atoms with E-state index < -0.39 is 23.5 Å². The molecule has 0 spiro atoms. The molecule has 160 valence electrons. The molecule has 3 rings (SSSR count). The maximum atomic E-state index is 12.5. The summed E-state index contributed by atoms with van der Waals surface area (Å²) in [5.74, 6) is -0.568. The normalized spacial score (nSPS) is 12.1. The van der Waals surface area contributed by atoms with E-state index in [1.807, 2.05) is 30.3 Å². The Morgan fingerprint density at radius 1 is 1.20 bits per heavy atom. The second-order valence-electron chi connectivity index (χ2n) is 7.23. The third-order valence-electron chi connectivity index (χ3n) is 4.21. The first-order chi connectivity index (χ1) is 13.7. The predicted molar refractivity (Wildman–Crippen MR) is 115 cm³/mol. The van der Waals surface area contributed by atoms with Crippen LogP contribution in [-0.2, 0) is 20.9 Å². The van der Waals surface area contributed by atoms with E-state index in [0.29, 0.717) is 16.5 Å². The fourth-order valence-electron chi connectivity index (χ4n) is 2.63. The van der Waals surface area contributed by atoms with Crippen LogP contribution in [0.15, 0.2) is 48.7 Å². The monoisotopic (exact) mass is 431 g/mol. The van der Waals surface area contributed by atoms with Gasteiger partial charge in [0.1, 0.15) is 6.61 Å². The molecule has 0 aliphatic heterocycles. The highest BCUT2D eigenvalue weighted by Crippen LogP contribution is 2.20. The minimum Gasteiger partial charge on any atom is -0.461 e. The molecule has 3 N–H and O–H groups in total. The van der Waals surface area contributed by atoms with Gasteiger partial charge in [0, 0.05) is 6.20 Å². The SMILES string of the molecule is C.CC(C)(N)C(=O)N[C@H](CC(=O)OCc1ccccc1)c1nnc2ccc(Cl)cn12. The van der Waals surface area contributed by atoms with Crippen molar-refractivity contribution >= 4 is 29.1 Å². The summed E-state index contributed by atoms with van der Waals surface area (Å²) in [6, 6.07) is 11.9. The zero-order valence-corrected chi connectivity index (χ0v) is 16.9. The average molecular weight is 432 g/mol. The zero-order chi connectivity index (χ0) is 21.0. The van der Waals surface area contributed by atoms with Gasteiger partial charge in [0.15, 0.2) is 11.5 Å². The van der Waals surface area contributed by atoms with Crippen LogP contribution in [0.25, 0.3) is 5.65 Å². The number of carbonyl (C=O) groups is 2. The topological polar surface area (TPSA) is 112 Å². The van der Waals surface area contributed by atoms with Gasteiger partial charge in [-0.15, -0.1) is 10.2 Å². The number of hydrogen-bond acceptors (Lipinski definition) is 6. The van der Waals surface area contributed by atoms with E-state index in [0.717, 1.165) is 5.56 Å². The summed E-state index contributed by atoms with van der Waals surface area (Å²) in [6.45, 7) is 3.28. The molecule has 0 radical (unpaired) electrons. The van der Waals surface area contributed by atoms with Crippen molar-refractivity contribution in [3.8, 4) is 0 Å². The number of ether oxygens (including phenoxy) is 1. The molecule has 3 aromatic rings. The lowest BCUT2D eigenvalue weighted by Gasteiger charge is -2.23. The second kappa shape index (κ2) is 9.69. The smallest absolute Gasteiger partial charge is 0.308 e. The van der Waals surface area contributed by atoms with E-state index in [1.54, 1.807) is 36.6 Å². The van der Waals surface area contributed by atoms with Crippen LogP contribution in [0.4, 0.5) is 0 Å². The van der Waals surface area contributed by atoms with E-state index in [2.05, 4.69) is 15.5 Å². The van der Waals surface area contributed by atoms with E-state index in [1.165, 1.54) is 0 Å². The summed E-state index contributed by atoms with van der Waals surface area (Å²) < 4.78 is 6.98. The molecular formula is C21H26ClN5O3. The number of fused-ring (bicyclic) bond motifs is 1. The van der Waals surface area contributed by atoms with Gasteiger partial charge in [0.25, 0.3) is 0 Å². The molecule has 0 fully saturated rings. The maximum Gasteiger partial charge on any atom is 0.308 e. The Kier molecular flexibility index (Phi) is 7.53. The number of carbonyl (C=O) groups excluding carboxylic acids is 2. The summed E-state index contributed by atoms with van der Waals surface area (Å²) in [4.78, 5) is 24.9. The number of amides is 1. The van der Waals surface area contributed by atoms with Gasteiger partial charge in [-0.2, -0.15) is 0 Å². The predicted octanol–water partition coefficient (Wildman–Crippen LogP) is 3.05. The van der Waals surface area contributed by atoms with Gasteiger partial charge in [-0.05, 0) is 31.5 Å².